The molecule has 0 saturated heterocycles. The Labute approximate surface area is 149 Å². The van der Waals surface area contributed by atoms with E-state index in [0.29, 0.717) is 10.2 Å². The number of ether oxygens (including phenoxy) is 1. The highest BCUT2D eigenvalue weighted by molar-refractivity contribution is 9.10. The largest absolute Gasteiger partial charge is 0.484 e. The molecule has 0 aromatic heterocycles. The third-order valence-corrected chi connectivity index (χ3v) is 5.28. The first-order valence-electron chi connectivity index (χ1n) is 7.04. The fourth-order valence-electron chi connectivity index (χ4n) is 2.04. The van der Waals surface area contributed by atoms with Gasteiger partial charge >= 0.3 is 0 Å². The average molecular weight is 413 g/mol. The number of amides is 1. The smallest absolute Gasteiger partial charge is 0.272 e. The van der Waals surface area contributed by atoms with Gasteiger partial charge in [0.1, 0.15) is 5.75 Å². The third-order valence-electron chi connectivity index (χ3n) is 3.02. The van der Waals surface area contributed by atoms with Crippen molar-refractivity contribution >= 4 is 31.9 Å². The predicted octanol–water partition coefficient (Wildman–Crippen LogP) is 2.45. The van der Waals surface area contributed by atoms with Crippen molar-refractivity contribution in [3.05, 3.63) is 58.1 Å². The van der Waals surface area contributed by atoms with Crippen molar-refractivity contribution in [1.82, 2.24) is 10.3 Å². The number of halogens is 1. The van der Waals surface area contributed by atoms with Crippen LogP contribution >= 0.6 is 15.9 Å². The van der Waals surface area contributed by atoms with Crippen molar-refractivity contribution in [2.75, 3.05) is 6.61 Å². The summed E-state index contributed by atoms with van der Waals surface area (Å²) >= 11 is 3.16. The van der Waals surface area contributed by atoms with Crippen LogP contribution in [0.25, 0.3) is 0 Å². The average Bonchev–Trinajstić information content (AvgIpc) is 2.50. The molecule has 128 valence electrons. The molecule has 2 rings (SSSR count). The Morgan fingerprint density at radius 2 is 1.75 bits per heavy atom. The number of carbonyl (C=O) groups excluding carboxylic acids is 1. The van der Waals surface area contributed by atoms with Crippen LogP contribution in [0.3, 0.4) is 0 Å². The highest BCUT2D eigenvalue weighted by Gasteiger charge is 2.17. The number of sulfonamides is 1. The van der Waals surface area contributed by atoms with Crippen LogP contribution in [0.4, 0.5) is 0 Å². The molecule has 0 unspecified atom stereocenters. The Morgan fingerprint density at radius 3 is 2.38 bits per heavy atom. The molecule has 6 nitrogen and oxygen atoms in total. The first-order chi connectivity index (χ1) is 11.3. The van der Waals surface area contributed by atoms with Gasteiger partial charge in [0.25, 0.3) is 15.9 Å². The van der Waals surface area contributed by atoms with Gasteiger partial charge in [0.05, 0.1) is 4.90 Å². The van der Waals surface area contributed by atoms with E-state index >= 15 is 0 Å². The summed E-state index contributed by atoms with van der Waals surface area (Å²) in [5.74, 6) is -0.0545. The van der Waals surface area contributed by atoms with Gasteiger partial charge in [0.2, 0.25) is 0 Å². The Balaban J connectivity index is 1.92. The van der Waals surface area contributed by atoms with E-state index in [9.17, 15) is 13.2 Å². The maximum Gasteiger partial charge on any atom is 0.272 e. The number of hydrazine groups is 1. The highest BCUT2D eigenvalue weighted by Crippen LogP contribution is 2.20. The standard InChI is InChI=1S/C16H17BrN2O4S/c1-11-7-12(2)9-13(8-11)23-10-16(20)18-19-24(21,22)15-6-4-3-5-14(15)17/h3-9,19H,10H2,1-2H3,(H,18,20). The highest BCUT2D eigenvalue weighted by atomic mass is 79.9. The van der Waals surface area contributed by atoms with E-state index in [1.54, 1.807) is 30.3 Å². The number of hydrogen-bond donors (Lipinski definition) is 2. The van der Waals surface area contributed by atoms with Crippen LogP contribution in [0.15, 0.2) is 51.8 Å². The van der Waals surface area contributed by atoms with Gasteiger partial charge in [0.15, 0.2) is 6.61 Å². The second-order valence-corrected chi connectivity index (χ2v) is 7.70. The zero-order valence-electron chi connectivity index (χ0n) is 13.2. The van der Waals surface area contributed by atoms with Gasteiger partial charge in [0, 0.05) is 4.47 Å². The maximum absolute atomic E-state index is 12.1. The summed E-state index contributed by atoms with van der Waals surface area (Å²) in [4.78, 5) is 13.8. The SMILES string of the molecule is Cc1cc(C)cc(OCC(=O)NNS(=O)(=O)c2ccccc2Br)c1. The summed E-state index contributed by atoms with van der Waals surface area (Å²) in [5, 5.41) is 0. The Bertz CT molecular complexity index is 833. The molecule has 0 radical (unpaired) electrons. The zero-order chi connectivity index (χ0) is 17.7. The van der Waals surface area contributed by atoms with Gasteiger partial charge in [-0.25, -0.2) is 8.42 Å². The lowest BCUT2D eigenvalue weighted by molar-refractivity contribution is -0.123. The third kappa shape index (κ3) is 5.05. The van der Waals surface area contributed by atoms with E-state index in [4.69, 9.17) is 4.74 Å². The van der Waals surface area contributed by atoms with E-state index in [0.717, 1.165) is 11.1 Å². The molecule has 0 atom stereocenters. The summed E-state index contributed by atoms with van der Waals surface area (Å²) in [5.41, 5.74) is 4.15. The molecular formula is C16H17BrN2O4S. The van der Waals surface area contributed by atoms with Gasteiger partial charge in [-0.15, -0.1) is 4.83 Å². The second-order valence-electron chi connectivity index (χ2n) is 5.20. The molecule has 0 heterocycles. The number of carbonyl (C=O) groups is 1. The molecule has 0 aliphatic carbocycles. The molecular weight excluding hydrogens is 396 g/mol. The van der Waals surface area contributed by atoms with Crippen molar-refractivity contribution in [2.45, 2.75) is 18.7 Å². The van der Waals surface area contributed by atoms with E-state index < -0.39 is 15.9 Å². The fourth-order valence-corrected chi connectivity index (χ4v) is 3.91. The van der Waals surface area contributed by atoms with Crippen LogP contribution in [0, 0.1) is 13.8 Å². The molecule has 2 aromatic carbocycles. The molecule has 0 spiro atoms. The molecule has 0 aliphatic heterocycles. The monoisotopic (exact) mass is 412 g/mol. The zero-order valence-corrected chi connectivity index (χ0v) is 15.6. The number of rotatable bonds is 6. The van der Waals surface area contributed by atoms with Gasteiger partial charge in [-0.1, -0.05) is 18.2 Å². The van der Waals surface area contributed by atoms with Crippen LogP contribution < -0.4 is 15.0 Å². The predicted molar refractivity (Wildman–Crippen MR) is 94.0 cm³/mol. The number of benzene rings is 2. The molecule has 1 amide bonds. The van der Waals surface area contributed by atoms with E-state index in [-0.39, 0.29) is 11.5 Å². The molecule has 2 N–H and O–H groups in total. The lowest BCUT2D eigenvalue weighted by Gasteiger charge is -2.11. The Kier molecular flexibility index (Phi) is 5.98. The second kappa shape index (κ2) is 7.78. The Hall–Kier alpha value is -1.90. The lowest BCUT2D eigenvalue weighted by Crippen LogP contribution is -2.43. The topological polar surface area (TPSA) is 84.5 Å². The quantitative estimate of drug-likeness (QED) is 0.713. The van der Waals surface area contributed by atoms with E-state index in [1.807, 2.05) is 24.7 Å². The Morgan fingerprint density at radius 1 is 1.12 bits per heavy atom. The molecule has 0 fully saturated rings. The van der Waals surface area contributed by atoms with Crippen molar-refractivity contribution < 1.29 is 17.9 Å². The van der Waals surface area contributed by atoms with E-state index in [2.05, 4.69) is 21.4 Å². The molecule has 24 heavy (non-hydrogen) atoms. The summed E-state index contributed by atoms with van der Waals surface area (Å²) < 4.78 is 30.0. The van der Waals surface area contributed by atoms with Crippen molar-refractivity contribution in [3.63, 3.8) is 0 Å². The minimum Gasteiger partial charge on any atom is -0.484 e. The maximum atomic E-state index is 12.1. The van der Waals surface area contributed by atoms with Crippen LogP contribution in [0.2, 0.25) is 0 Å². The van der Waals surface area contributed by atoms with Crippen LogP contribution in [-0.2, 0) is 14.8 Å². The molecule has 0 bridgehead atoms. The molecule has 2 aromatic rings. The molecule has 8 heteroatoms. The van der Waals surface area contributed by atoms with Crippen LogP contribution in [0.1, 0.15) is 11.1 Å². The summed E-state index contributed by atoms with van der Waals surface area (Å²) in [7, 11) is -3.87. The lowest BCUT2D eigenvalue weighted by atomic mass is 10.1. The van der Waals surface area contributed by atoms with Gasteiger partial charge in [-0.2, -0.15) is 0 Å². The van der Waals surface area contributed by atoms with Gasteiger partial charge in [-0.3, -0.25) is 10.2 Å². The van der Waals surface area contributed by atoms with Gasteiger partial charge in [-0.05, 0) is 65.2 Å². The summed E-state index contributed by atoms with van der Waals surface area (Å²) in [6.45, 7) is 3.54. The first-order valence-corrected chi connectivity index (χ1v) is 9.32. The normalized spacial score (nSPS) is 11.1. The van der Waals surface area contributed by atoms with E-state index in [1.165, 1.54) is 6.07 Å². The van der Waals surface area contributed by atoms with Crippen molar-refractivity contribution in [3.8, 4) is 5.75 Å². The summed E-state index contributed by atoms with van der Waals surface area (Å²) in [6, 6.07) is 11.9. The minimum absolute atomic E-state index is 0.0283. The van der Waals surface area contributed by atoms with Crippen molar-refractivity contribution in [2.24, 2.45) is 0 Å². The molecule has 0 aliphatic rings. The minimum atomic E-state index is -3.87. The summed E-state index contributed by atoms with van der Waals surface area (Å²) in [6.07, 6.45) is 0. The number of nitrogens with one attached hydrogen (secondary N) is 2. The number of hydrogen-bond acceptors (Lipinski definition) is 4. The van der Waals surface area contributed by atoms with Crippen molar-refractivity contribution in [1.29, 1.82) is 0 Å². The number of aryl methyl sites for hydroxylation is 2. The fraction of sp³-hybridized carbons (Fsp3) is 0.188. The molecule has 0 saturated carbocycles. The first kappa shape index (κ1) is 18.4. The van der Waals surface area contributed by atoms with Crippen LogP contribution in [0.5, 0.6) is 5.75 Å². The van der Waals surface area contributed by atoms with Crippen LogP contribution in [-0.4, -0.2) is 20.9 Å². The van der Waals surface area contributed by atoms with Gasteiger partial charge < -0.3 is 4.74 Å².